The molecule has 0 atom stereocenters. The van der Waals surface area contributed by atoms with Gasteiger partial charge in [-0.3, -0.25) is 20.4 Å². The van der Waals surface area contributed by atoms with Gasteiger partial charge in [0.2, 0.25) is 5.91 Å². The van der Waals surface area contributed by atoms with E-state index in [1.807, 2.05) is 41.9 Å². The fourth-order valence-electron chi connectivity index (χ4n) is 2.04. The van der Waals surface area contributed by atoms with Crippen LogP contribution in [0.5, 0.6) is 0 Å². The monoisotopic (exact) mass is 373 g/mol. The van der Waals surface area contributed by atoms with E-state index in [1.165, 1.54) is 23.1 Å². The largest absolute Gasteiger partial charge is 0.305 e. The van der Waals surface area contributed by atoms with Gasteiger partial charge in [-0.25, -0.2) is 0 Å². The fourth-order valence-corrected chi connectivity index (χ4v) is 3.37. The van der Waals surface area contributed by atoms with Gasteiger partial charge in [-0.15, -0.1) is 21.5 Å². The first-order valence-corrected chi connectivity index (χ1v) is 9.22. The van der Waals surface area contributed by atoms with Crippen LogP contribution in [0.15, 0.2) is 53.0 Å². The minimum Gasteiger partial charge on any atom is -0.305 e. The number of thioether (sulfide) groups is 1. The van der Waals surface area contributed by atoms with Gasteiger partial charge in [-0.1, -0.05) is 48.2 Å². The maximum Gasteiger partial charge on any atom is 0.279 e. The number of rotatable bonds is 5. The molecule has 128 valence electrons. The number of hydrazine groups is 1. The summed E-state index contributed by atoms with van der Waals surface area (Å²) in [7, 11) is 1.85. The predicted molar refractivity (Wildman–Crippen MR) is 97.1 cm³/mol. The van der Waals surface area contributed by atoms with Gasteiger partial charge < -0.3 is 4.57 Å². The van der Waals surface area contributed by atoms with Crippen molar-refractivity contribution in [2.75, 3.05) is 5.75 Å². The van der Waals surface area contributed by atoms with E-state index in [0.29, 0.717) is 10.0 Å². The molecule has 9 heteroatoms. The van der Waals surface area contributed by atoms with Gasteiger partial charge in [0.05, 0.1) is 10.6 Å². The molecule has 2 aromatic heterocycles. The highest BCUT2D eigenvalue weighted by Gasteiger charge is 2.13. The average molecular weight is 373 g/mol. The molecule has 0 aliphatic rings. The highest BCUT2D eigenvalue weighted by atomic mass is 32.2. The number of benzene rings is 1. The van der Waals surface area contributed by atoms with Crippen molar-refractivity contribution in [2.24, 2.45) is 7.05 Å². The summed E-state index contributed by atoms with van der Waals surface area (Å²) in [6.07, 6.45) is 0. The van der Waals surface area contributed by atoms with E-state index in [1.54, 1.807) is 17.5 Å². The zero-order chi connectivity index (χ0) is 17.6. The first-order valence-electron chi connectivity index (χ1n) is 7.35. The molecule has 3 rings (SSSR count). The van der Waals surface area contributed by atoms with Gasteiger partial charge in [0.15, 0.2) is 11.0 Å². The molecule has 2 amide bonds. The molecular formula is C16H15N5O2S2. The Morgan fingerprint density at radius 1 is 1.12 bits per heavy atom. The van der Waals surface area contributed by atoms with Crippen molar-refractivity contribution >= 4 is 34.9 Å². The summed E-state index contributed by atoms with van der Waals surface area (Å²) < 4.78 is 1.83. The summed E-state index contributed by atoms with van der Waals surface area (Å²) in [5.41, 5.74) is 5.73. The molecule has 2 heterocycles. The first-order chi connectivity index (χ1) is 12.1. The number of carbonyl (C=O) groups is 2. The van der Waals surface area contributed by atoms with Crippen molar-refractivity contribution in [2.45, 2.75) is 5.16 Å². The van der Waals surface area contributed by atoms with Crippen molar-refractivity contribution in [1.82, 2.24) is 25.6 Å². The topological polar surface area (TPSA) is 88.9 Å². The van der Waals surface area contributed by atoms with Gasteiger partial charge >= 0.3 is 0 Å². The molecule has 0 radical (unpaired) electrons. The molecule has 0 aliphatic carbocycles. The van der Waals surface area contributed by atoms with E-state index >= 15 is 0 Å². The Balaban J connectivity index is 1.53. The third kappa shape index (κ3) is 4.25. The van der Waals surface area contributed by atoms with Crippen LogP contribution in [-0.4, -0.2) is 32.3 Å². The molecular weight excluding hydrogens is 358 g/mol. The van der Waals surface area contributed by atoms with Crippen LogP contribution in [-0.2, 0) is 11.8 Å². The number of nitrogens with zero attached hydrogens (tertiary/aromatic N) is 3. The van der Waals surface area contributed by atoms with Crippen LogP contribution in [0.2, 0.25) is 0 Å². The summed E-state index contributed by atoms with van der Waals surface area (Å²) in [4.78, 5) is 24.2. The van der Waals surface area contributed by atoms with E-state index in [2.05, 4.69) is 21.0 Å². The number of carbonyl (C=O) groups excluding carboxylic acids is 2. The zero-order valence-electron chi connectivity index (χ0n) is 13.3. The van der Waals surface area contributed by atoms with Crippen molar-refractivity contribution < 1.29 is 9.59 Å². The normalized spacial score (nSPS) is 10.4. The van der Waals surface area contributed by atoms with Crippen molar-refractivity contribution in [3.8, 4) is 11.4 Å². The summed E-state index contributed by atoms with van der Waals surface area (Å²) in [6, 6.07) is 13.2. The van der Waals surface area contributed by atoms with Crippen LogP contribution in [0.3, 0.4) is 0 Å². The molecule has 2 N–H and O–H groups in total. The lowest BCUT2D eigenvalue weighted by Crippen LogP contribution is -2.42. The summed E-state index contributed by atoms with van der Waals surface area (Å²) in [6.45, 7) is 0. The van der Waals surface area contributed by atoms with E-state index in [9.17, 15) is 9.59 Å². The third-order valence-electron chi connectivity index (χ3n) is 3.26. The van der Waals surface area contributed by atoms with Crippen LogP contribution < -0.4 is 10.9 Å². The summed E-state index contributed by atoms with van der Waals surface area (Å²) >= 11 is 2.55. The molecule has 0 spiro atoms. The van der Waals surface area contributed by atoms with Gasteiger partial charge in [0.25, 0.3) is 5.91 Å². The lowest BCUT2D eigenvalue weighted by atomic mass is 10.2. The Morgan fingerprint density at radius 3 is 2.64 bits per heavy atom. The second-order valence-corrected chi connectivity index (χ2v) is 6.89. The fraction of sp³-hybridized carbons (Fsp3) is 0.125. The molecule has 0 saturated carbocycles. The van der Waals surface area contributed by atoms with Gasteiger partial charge in [-0.2, -0.15) is 0 Å². The number of nitrogens with one attached hydrogen (secondary N) is 2. The summed E-state index contributed by atoms with van der Waals surface area (Å²) in [5, 5.41) is 10.7. The molecule has 0 bridgehead atoms. The Bertz CT molecular complexity index is 862. The quantitative estimate of drug-likeness (QED) is 0.528. The number of aromatic nitrogens is 3. The van der Waals surface area contributed by atoms with Crippen molar-refractivity contribution in [1.29, 1.82) is 0 Å². The molecule has 0 aliphatic heterocycles. The van der Waals surface area contributed by atoms with Crippen molar-refractivity contribution in [3.63, 3.8) is 0 Å². The lowest BCUT2D eigenvalue weighted by Gasteiger charge is -2.06. The lowest BCUT2D eigenvalue weighted by molar-refractivity contribution is -0.119. The average Bonchev–Trinajstić information content (AvgIpc) is 3.29. The Kier molecular flexibility index (Phi) is 5.46. The maximum atomic E-state index is 11.9. The first kappa shape index (κ1) is 17.2. The van der Waals surface area contributed by atoms with E-state index in [4.69, 9.17) is 0 Å². The highest BCUT2D eigenvalue weighted by Crippen LogP contribution is 2.22. The van der Waals surface area contributed by atoms with Crippen molar-refractivity contribution in [3.05, 3.63) is 52.7 Å². The number of hydrogen-bond donors (Lipinski definition) is 2. The van der Waals surface area contributed by atoms with Crippen LogP contribution in [0, 0.1) is 0 Å². The zero-order valence-corrected chi connectivity index (χ0v) is 14.9. The highest BCUT2D eigenvalue weighted by molar-refractivity contribution is 7.99. The van der Waals surface area contributed by atoms with Crippen LogP contribution in [0.4, 0.5) is 0 Å². The van der Waals surface area contributed by atoms with E-state index in [0.717, 1.165) is 11.4 Å². The smallest absolute Gasteiger partial charge is 0.279 e. The Morgan fingerprint density at radius 2 is 1.92 bits per heavy atom. The SMILES string of the molecule is Cn1c(SCC(=O)NNC(=O)c2cccs2)nnc1-c1ccccc1. The van der Waals surface area contributed by atoms with Crippen LogP contribution >= 0.6 is 23.1 Å². The number of thiophene rings is 1. The molecule has 1 aromatic carbocycles. The van der Waals surface area contributed by atoms with E-state index in [-0.39, 0.29) is 17.6 Å². The Labute approximate surface area is 152 Å². The maximum absolute atomic E-state index is 11.9. The van der Waals surface area contributed by atoms with Crippen LogP contribution in [0.25, 0.3) is 11.4 Å². The van der Waals surface area contributed by atoms with Gasteiger partial charge in [0.1, 0.15) is 0 Å². The predicted octanol–water partition coefficient (Wildman–Crippen LogP) is 2.10. The molecule has 0 saturated heterocycles. The van der Waals surface area contributed by atoms with Gasteiger partial charge in [0, 0.05) is 12.6 Å². The summed E-state index contributed by atoms with van der Waals surface area (Å²) in [5.74, 6) is 0.193. The minimum absolute atomic E-state index is 0.117. The van der Waals surface area contributed by atoms with Crippen LogP contribution in [0.1, 0.15) is 9.67 Å². The molecule has 7 nitrogen and oxygen atoms in total. The molecule has 0 unspecified atom stereocenters. The second kappa shape index (κ2) is 7.95. The minimum atomic E-state index is -0.335. The second-order valence-electron chi connectivity index (χ2n) is 5.00. The number of amides is 2. The molecule has 3 aromatic rings. The third-order valence-corrected chi connectivity index (χ3v) is 5.15. The Hall–Kier alpha value is -2.65. The molecule has 0 fully saturated rings. The number of hydrogen-bond acceptors (Lipinski definition) is 6. The molecule has 25 heavy (non-hydrogen) atoms. The van der Waals surface area contributed by atoms with E-state index < -0.39 is 0 Å². The standard InChI is InChI=1S/C16H15N5O2S2/c1-21-14(11-6-3-2-4-7-11)18-20-16(21)25-10-13(22)17-19-15(23)12-8-5-9-24-12/h2-9H,10H2,1H3,(H,17,22)(H,19,23). The van der Waals surface area contributed by atoms with Gasteiger partial charge in [-0.05, 0) is 11.4 Å².